The van der Waals surface area contributed by atoms with Crippen LogP contribution in [0.3, 0.4) is 0 Å². The second-order valence-electron chi connectivity index (χ2n) is 7.43. The van der Waals surface area contributed by atoms with Gasteiger partial charge < -0.3 is 19.9 Å². The van der Waals surface area contributed by atoms with E-state index in [1.54, 1.807) is 39.8 Å². The number of rotatable bonds is 7. The lowest BCUT2D eigenvalue weighted by atomic mass is 9.91. The summed E-state index contributed by atoms with van der Waals surface area (Å²) >= 11 is 0. The quantitative estimate of drug-likeness (QED) is 0.695. The number of hydrogen-bond donors (Lipinski definition) is 1. The lowest BCUT2D eigenvalue weighted by Gasteiger charge is -2.26. The summed E-state index contributed by atoms with van der Waals surface area (Å²) in [6, 6.07) is 1.87. The number of carbonyl (C=O) groups is 2. The highest BCUT2D eigenvalue weighted by atomic mass is 19.1. The normalized spacial score (nSPS) is 13.6. The van der Waals surface area contributed by atoms with Gasteiger partial charge in [0.15, 0.2) is 0 Å². The maximum atomic E-state index is 14.6. The number of nitrogens with two attached hydrogens (primary N) is 1. The summed E-state index contributed by atoms with van der Waals surface area (Å²) in [4.78, 5) is 33.2. The van der Waals surface area contributed by atoms with E-state index < -0.39 is 35.3 Å². The van der Waals surface area contributed by atoms with Gasteiger partial charge in [0, 0.05) is 11.6 Å². The number of esters is 2. The smallest absolute Gasteiger partial charge is 0.324 e. The second-order valence-corrected chi connectivity index (χ2v) is 7.43. The number of fused-ring (bicyclic) bond motifs is 1. The summed E-state index contributed by atoms with van der Waals surface area (Å²) < 4.78 is 30.1. The Balaban J connectivity index is 2.47. The van der Waals surface area contributed by atoms with E-state index >= 15 is 0 Å². The zero-order valence-electron chi connectivity index (χ0n) is 17.2. The van der Waals surface area contributed by atoms with Gasteiger partial charge in [-0.2, -0.15) is 0 Å². The third-order valence-electron chi connectivity index (χ3n) is 4.07. The number of ether oxygens (including phenoxy) is 3. The molecule has 0 spiro atoms. The topological polar surface area (TPSA) is 114 Å². The molecule has 158 valence electrons. The molecule has 2 aromatic heterocycles. The number of pyridine rings is 2. The summed E-state index contributed by atoms with van der Waals surface area (Å²) in [5, 5.41) is 0. The summed E-state index contributed by atoms with van der Waals surface area (Å²) in [5.74, 6) is -3.09. The molecule has 2 heterocycles. The zero-order chi connectivity index (χ0) is 21.8. The Morgan fingerprint density at radius 3 is 2.52 bits per heavy atom. The predicted molar refractivity (Wildman–Crippen MR) is 104 cm³/mol. The molecule has 0 fully saturated rings. The maximum Gasteiger partial charge on any atom is 0.324 e. The van der Waals surface area contributed by atoms with Gasteiger partial charge >= 0.3 is 11.9 Å². The van der Waals surface area contributed by atoms with Gasteiger partial charge in [0.05, 0.1) is 36.9 Å². The number of aromatic nitrogens is 2. The highest BCUT2D eigenvalue weighted by Gasteiger charge is 2.36. The van der Waals surface area contributed by atoms with Gasteiger partial charge in [-0.05, 0) is 40.2 Å². The first kappa shape index (κ1) is 22.5. The summed E-state index contributed by atoms with van der Waals surface area (Å²) in [6.45, 7) is 6.76. The van der Waals surface area contributed by atoms with Crippen molar-refractivity contribution in [3.05, 3.63) is 29.7 Å². The fourth-order valence-corrected chi connectivity index (χ4v) is 2.75. The second kappa shape index (κ2) is 9.13. The van der Waals surface area contributed by atoms with Crippen LogP contribution in [0.1, 0.15) is 33.3 Å². The third kappa shape index (κ3) is 5.60. The molecular formula is C20H26FN3O5. The van der Waals surface area contributed by atoms with Crippen LogP contribution in [-0.4, -0.2) is 47.3 Å². The molecule has 2 unspecified atom stereocenters. The molecule has 0 bridgehead atoms. The van der Waals surface area contributed by atoms with Crippen LogP contribution in [0.25, 0.3) is 11.0 Å². The molecule has 2 atom stereocenters. The van der Waals surface area contributed by atoms with Crippen molar-refractivity contribution >= 4 is 23.0 Å². The Morgan fingerprint density at radius 1 is 1.24 bits per heavy atom. The maximum absolute atomic E-state index is 14.6. The molecule has 0 saturated carbocycles. The van der Waals surface area contributed by atoms with Crippen molar-refractivity contribution < 1.29 is 28.2 Å². The van der Waals surface area contributed by atoms with E-state index in [0.717, 1.165) is 6.20 Å². The summed E-state index contributed by atoms with van der Waals surface area (Å²) in [6.07, 6.45) is 0.817. The van der Waals surface area contributed by atoms with Crippen molar-refractivity contribution in [1.82, 2.24) is 9.97 Å². The van der Waals surface area contributed by atoms with Crippen molar-refractivity contribution in [1.29, 1.82) is 0 Å². The van der Waals surface area contributed by atoms with Crippen LogP contribution in [0.4, 0.5) is 4.39 Å². The molecule has 29 heavy (non-hydrogen) atoms. The Labute approximate surface area is 168 Å². The van der Waals surface area contributed by atoms with E-state index in [1.165, 1.54) is 7.11 Å². The molecule has 2 aromatic rings. The van der Waals surface area contributed by atoms with Gasteiger partial charge in [0.25, 0.3) is 0 Å². The van der Waals surface area contributed by atoms with Gasteiger partial charge in [-0.15, -0.1) is 0 Å². The SMILES string of the molecule is CCOC(=O)C(Cc1c(F)cnc2ccc(OC)nc12)C(N)C(=O)OC(C)(C)C. The van der Waals surface area contributed by atoms with Crippen LogP contribution >= 0.6 is 0 Å². The lowest BCUT2D eigenvalue weighted by molar-refractivity contribution is -0.163. The molecule has 0 aromatic carbocycles. The Bertz CT molecular complexity index is 898. The van der Waals surface area contributed by atoms with Crippen LogP contribution in [0.5, 0.6) is 5.88 Å². The van der Waals surface area contributed by atoms with Crippen molar-refractivity contribution in [2.45, 2.75) is 45.8 Å². The van der Waals surface area contributed by atoms with Crippen molar-refractivity contribution in [3.63, 3.8) is 0 Å². The minimum absolute atomic E-state index is 0.0853. The number of halogens is 1. The average molecular weight is 407 g/mol. The summed E-state index contributed by atoms with van der Waals surface area (Å²) in [7, 11) is 1.43. The van der Waals surface area contributed by atoms with Crippen molar-refractivity contribution in [2.75, 3.05) is 13.7 Å². The first-order valence-corrected chi connectivity index (χ1v) is 9.20. The minimum atomic E-state index is -1.35. The van der Waals surface area contributed by atoms with Gasteiger partial charge in [-0.3, -0.25) is 14.6 Å². The predicted octanol–water partition coefficient (Wildman–Crippen LogP) is 2.17. The van der Waals surface area contributed by atoms with E-state index in [1.807, 2.05) is 0 Å². The van der Waals surface area contributed by atoms with Gasteiger partial charge in [-0.25, -0.2) is 9.37 Å². The molecule has 0 aliphatic rings. The fourth-order valence-electron chi connectivity index (χ4n) is 2.75. The van der Waals surface area contributed by atoms with Crippen LogP contribution in [0.15, 0.2) is 18.3 Å². The van der Waals surface area contributed by atoms with Gasteiger partial charge in [0.1, 0.15) is 17.5 Å². The number of nitrogens with zero attached hydrogens (tertiary/aromatic N) is 2. The Morgan fingerprint density at radius 2 is 1.93 bits per heavy atom. The Kier molecular flexibility index (Phi) is 7.07. The number of hydrogen-bond acceptors (Lipinski definition) is 8. The highest BCUT2D eigenvalue weighted by Crippen LogP contribution is 2.25. The molecule has 2 N–H and O–H groups in total. The van der Waals surface area contributed by atoms with E-state index in [0.29, 0.717) is 5.52 Å². The highest BCUT2D eigenvalue weighted by molar-refractivity contribution is 5.86. The first-order chi connectivity index (χ1) is 13.6. The van der Waals surface area contributed by atoms with Crippen LogP contribution < -0.4 is 10.5 Å². The largest absolute Gasteiger partial charge is 0.481 e. The molecule has 0 radical (unpaired) electrons. The van der Waals surface area contributed by atoms with Gasteiger partial charge in [0.2, 0.25) is 5.88 Å². The Hall–Kier alpha value is -2.81. The first-order valence-electron chi connectivity index (χ1n) is 9.20. The number of methoxy groups -OCH3 is 1. The van der Waals surface area contributed by atoms with E-state index in [2.05, 4.69) is 9.97 Å². The molecule has 9 heteroatoms. The molecule has 0 aliphatic carbocycles. The molecule has 8 nitrogen and oxygen atoms in total. The molecule has 0 aliphatic heterocycles. The molecule has 2 rings (SSSR count). The van der Waals surface area contributed by atoms with Crippen LogP contribution in [0.2, 0.25) is 0 Å². The number of carbonyl (C=O) groups excluding carboxylic acids is 2. The van der Waals surface area contributed by atoms with E-state index in [9.17, 15) is 14.0 Å². The monoisotopic (exact) mass is 407 g/mol. The van der Waals surface area contributed by atoms with E-state index in [4.69, 9.17) is 19.9 Å². The van der Waals surface area contributed by atoms with Crippen LogP contribution in [0, 0.1) is 11.7 Å². The molecular weight excluding hydrogens is 381 g/mol. The molecule has 0 saturated heterocycles. The molecule has 0 amide bonds. The standard InChI is InChI=1S/C20H26FN3O5/c1-6-28-18(25)12(16(22)19(26)29-20(2,3)4)9-11-13(21)10-23-14-7-8-15(27-5)24-17(11)14/h7-8,10,12,16H,6,9,22H2,1-5H3. The van der Waals surface area contributed by atoms with E-state index in [-0.39, 0.29) is 30.0 Å². The average Bonchev–Trinajstić information content (AvgIpc) is 2.65. The van der Waals surface area contributed by atoms with Crippen molar-refractivity contribution in [2.24, 2.45) is 11.7 Å². The summed E-state index contributed by atoms with van der Waals surface area (Å²) in [5.41, 5.74) is 5.96. The zero-order valence-corrected chi connectivity index (χ0v) is 17.2. The van der Waals surface area contributed by atoms with Gasteiger partial charge in [-0.1, -0.05) is 0 Å². The lowest BCUT2D eigenvalue weighted by Crippen LogP contribution is -2.47. The van der Waals surface area contributed by atoms with Crippen molar-refractivity contribution in [3.8, 4) is 5.88 Å². The minimum Gasteiger partial charge on any atom is -0.481 e. The van der Waals surface area contributed by atoms with Crippen LogP contribution in [-0.2, 0) is 25.5 Å². The third-order valence-corrected chi connectivity index (χ3v) is 4.07. The fraction of sp³-hybridized carbons (Fsp3) is 0.500.